The number of fused-ring (bicyclic) bond motifs is 7. The second kappa shape index (κ2) is 12.3. The summed E-state index contributed by atoms with van der Waals surface area (Å²) in [5.41, 5.74) is 9.20. The van der Waals surface area contributed by atoms with E-state index >= 15 is 0 Å². The van der Waals surface area contributed by atoms with Gasteiger partial charge in [0.2, 0.25) is 0 Å². The highest BCUT2D eigenvalue weighted by atomic mass is 32.1. The lowest BCUT2D eigenvalue weighted by molar-refractivity contribution is 0.669. The van der Waals surface area contributed by atoms with E-state index < -0.39 is 0 Å². The minimum atomic E-state index is 0.633. The van der Waals surface area contributed by atoms with E-state index in [0.29, 0.717) is 17.5 Å². The van der Waals surface area contributed by atoms with Gasteiger partial charge in [0, 0.05) is 47.6 Å². The van der Waals surface area contributed by atoms with Gasteiger partial charge in [-0.15, -0.1) is 11.3 Å². The molecule has 0 saturated heterocycles. The van der Waals surface area contributed by atoms with E-state index in [1.165, 1.54) is 25.7 Å². The third-order valence-corrected chi connectivity index (χ3v) is 11.5. The maximum Gasteiger partial charge on any atom is 0.164 e. The van der Waals surface area contributed by atoms with Crippen molar-refractivity contribution in [3.05, 3.63) is 176 Å². The van der Waals surface area contributed by atoms with Crippen LogP contribution in [0.25, 0.3) is 109 Å². The molecule has 0 bridgehead atoms. The molecule has 8 aromatic carbocycles. The van der Waals surface area contributed by atoms with Crippen LogP contribution < -0.4 is 0 Å². The lowest BCUT2D eigenvalue weighted by Gasteiger charge is -2.11. The Morgan fingerprint density at radius 1 is 0.352 bits per heavy atom. The van der Waals surface area contributed by atoms with Gasteiger partial charge >= 0.3 is 0 Å². The van der Waals surface area contributed by atoms with Gasteiger partial charge < -0.3 is 4.42 Å². The van der Waals surface area contributed by atoms with Crippen molar-refractivity contribution in [2.24, 2.45) is 0 Å². The number of thiophene rings is 1. The summed E-state index contributed by atoms with van der Waals surface area (Å²) in [5.74, 6) is 1.92. The molecule has 11 rings (SSSR count). The van der Waals surface area contributed by atoms with E-state index in [-0.39, 0.29) is 0 Å². The third kappa shape index (κ3) is 5.17. The summed E-state index contributed by atoms with van der Waals surface area (Å²) in [6, 6.07) is 61.7. The molecule has 0 radical (unpaired) electrons. The van der Waals surface area contributed by atoms with Crippen molar-refractivity contribution in [1.82, 2.24) is 15.0 Å². The quantitative estimate of drug-likeness (QED) is 0.179. The first kappa shape index (κ1) is 30.7. The Labute approximate surface area is 314 Å². The molecule has 0 aliphatic carbocycles. The Morgan fingerprint density at radius 3 is 1.76 bits per heavy atom. The van der Waals surface area contributed by atoms with Crippen LogP contribution in [0.4, 0.5) is 0 Å². The zero-order valence-electron chi connectivity index (χ0n) is 28.9. The van der Waals surface area contributed by atoms with Gasteiger partial charge in [0.05, 0.1) is 0 Å². The van der Waals surface area contributed by atoms with E-state index in [1.807, 2.05) is 24.3 Å². The summed E-state index contributed by atoms with van der Waals surface area (Å²) in [6.07, 6.45) is 0. The monoisotopic (exact) mass is 707 g/mol. The molecule has 0 aliphatic heterocycles. The fourth-order valence-corrected chi connectivity index (χ4v) is 8.78. The summed E-state index contributed by atoms with van der Waals surface area (Å²) in [6.45, 7) is 0. The summed E-state index contributed by atoms with van der Waals surface area (Å²) < 4.78 is 8.70. The standard InChI is InChI=1S/C49H29N3OS/c1-2-9-30(10-3-1)31-17-21-33(22-18-31)47-50-48(52-49(51-47)36-25-26-40-39-11-5-7-16-44(39)54-45(40)29-36)35-24-20-32-19-23-34(27-37(32)28-35)38-13-8-15-43-46(38)41-12-4-6-14-42(41)53-43/h1-29H. The molecule has 3 aromatic heterocycles. The van der Waals surface area contributed by atoms with Gasteiger partial charge in [-0.1, -0.05) is 140 Å². The maximum atomic E-state index is 6.22. The molecule has 0 saturated carbocycles. The number of aromatic nitrogens is 3. The van der Waals surface area contributed by atoms with Crippen LogP contribution in [0.2, 0.25) is 0 Å². The zero-order chi connectivity index (χ0) is 35.6. The lowest BCUT2D eigenvalue weighted by atomic mass is 9.96. The van der Waals surface area contributed by atoms with Crippen molar-refractivity contribution in [2.45, 2.75) is 0 Å². The summed E-state index contributed by atoms with van der Waals surface area (Å²) >= 11 is 1.80. The molecule has 252 valence electrons. The van der Waals surface area contributed by atoms with Gasteiger partial charge in [-0.05, 0) is 69.4 Å². The predicted octanol–water partition coefficient (Wildman–Crippen LogP) is 13.6. The molecule has 0 unspecified atom stereocenters. The van der Waals surface area contributed by atoms with Gasteiger partial charge in [-0.2, -0.15) is 0 Å². The molecule has 0 N–H and O–H groups in total. The average Bonchev–Trinajstić information content (AvgIpc) is 3.82. The van der Waals surface area contributed by atoms with E-state index in [4.69, 9.17) is 19.4 Å². The Kier molecular flexibility index (Phi) is 7.00. The highest BCUT2D eigenvalue weighted by Gasteiger charge is 2.16. The molecular weight excluding hydrogens is 679 g/mol. The SMILES string of the molecule is c1ccc(-c2ccc(-c3nc(-c4ccc5ccc(-c6cccc7oc8ccccc8c67)cc5c4)nc(-c4ccc5c(c4)sc4ccccc45)n3)cc2)cc1. The van der Waals surface area contributed by atoms with Gasteiger partial charge in [0.15, 0.2) is 17.5 Å². The van der Waals surface area contributed by atoms with E-state index in [9.17, 15) is 0 Å². The second-order valence-corrected chi connectivity index (χ2v) is 14.7. The molecule has 0 atom stereocenters. The van der Waals surface area contributed by atoms with Crippen LogP contribution in [0.1, 0.15) is 0 Å². The number of benzene rings is 8. The third-order valence-electron chi connectivity index (χ3n) is 10.3. The van der Waals surface area contributed by atoms with Crippen LogP contribution in [-0.2, 0) is 0 Å². The molecule has 0 aliphatic rings. The smallest absolute Gasteiger partial charge is 0.164 e. The van der Waals surface area contributed by atoms with Gasteiger partial charge in [0.25, 0.3) is 0 Å². The number of rotatable bonds is 5. The Morgan fingerprint density at radius 2 is 0.926 bits per heavy atom. The zero-order valence-corrected chi connectivity index (χ0v) is 29.7. The molecule has 4 nitrogen and oxygen atoms in total. The van der Waals surface area contributed by atoms with E-state index in [2.05, 4.69) is 152 Å². The van der Waals surface area contributed by atoms with Gasteiger partial charge in [-0.25, -0.2) is 15.0 Å². The first-order valence-electron chi connectivity index (χ1n) is 18.0. The molecule has 0 spiro atoms. The Balaban J connectivity index is 1.06. The normalized spacial score (nSPS) is 11.7. The second-order valence-electron chi connectivity index (χ2n) is 13.6. The Hall–Kier alpha value is -6.95. The highest BCUT2D eigenvalue weighted by molar-refractivity contribution is 7.25. The number of hydrogen-bond acceptors (Lipinski definition) is 5. The van der Waals surface area contributed by atoms with Crippen molar-refractivity contribution in [3.63, 3.8) is 0 Å². The fourth-order valence-electron chi connectivity index (χ4n) is 7.64. The molecule has 5 heteroatoms. The summed E-state index contributed by atoms with van der Waals surface area (Å²) in [4.78, 5) is 15.4. The van der Waals surface area contributed by atoms with Gasteiger partial charge in [0.1, 0.15) is 11.2 Å². The van der Waals surface area contributed by atoms with Crippen molar-refractivity contribution in [3.8, 4) is 56.4 Å². The van der Waals surface area contributed by atoms with Crippen LogP contribution in [0.3, 0.4) is 0 Å². The average molecular weight is 708 g/mol. The lowest BCUT2D eigenvalue weighted by Crippen LogP contribution is -2.00. The highest BCUT2D eigenvalue weighted by Crippen LogP contribution is 2.39. The van der Waals surface area contributed by atoms with Crippen LogP contribution >= 0.6 is 11.3 Å². The number of hydrogen-bond donors (Lipinski definition) is 0. The minimum absolute atomic E-state index is 0.633. The minimum Gasteiger partial charge on any atom is -0.456 e. The van der Waals surface area contributed by atoms with Crippen LogP contribution in [-0.4, -0.2) is 15.0 Å². The first-order chi connectivity index (χ1) is 26.7. The molecule has 11 aromatic rings. The molecule has 0 fully saturated rings. The van der Waals surface area contributed by atoms with E-state index in [1.54, 1.807) is 11.3 Å². The molecule has 0 amide bonds. The number of furan rings is 1. The number of nitrogens with zero attached hydrogens (tertiary/aromatic N) is 3. The molecule has 54 heavy (non-hydrogen) atoms. The molecular formula is C49H29N3OS. The topological polar surface area (TPSA) is 51.8 Å². The summed E-state index contributed by atoms with van der Waals surface area (Å²) in [7, 11) is 0. The predicted molar refractivity (Wildman–Crippen MR) is 225 cm³/mol. The van der Waals surface area contributed by atoms with E-state index in [0.717, 1.165) is 66.1 Å². The van der Waals surface area contributed by atoms with Crippen molar-refractivity contribution >= 4 is 64.2 Å². The van der Waals surface area contributed by atoms with Crippen LogP contribution in [0.5, 0.6) is 0 Å². The van der Waals surface area contributed by atoms with Gasteiger partial charge in [-0.3, -0.25) is 0 Å². The largest absolute Gasteiger partial charge is 0.456 e. The van der Waals surface area contributed by atoms with Crippen molar-refractivity contribution in [1.29, 1.82) is 0 Å². The van der Waals surface area contributed by atoms with Crippen LogP contribution in [0.15, 0.2) is 180 Å². The first-order valence-corrected chi connectivity index (χ1v) is 18.8. The molecule has 3 heterocycles. The van der Waals surface area contributed by atoms with Crippen LogP contribution in [0, 0.1) is 0 Å². The maximum absolute atomic E-state index is 6.22. The fraction of sp³-hybridized carbons (Fsp3) is 0. The van der Waals surface area contributed by atoms with Crippen molar-refractivity contribution < 1.29 is 4.42 Å². The summed E-state index contributed by atoms with van der Waals surface area (Å²) in [5, 5.41) is 7.02. The number of para-hydroxylation sites is 1. The Bertz CT molecular complexity index is 3220. The van der Waals surface area contributed by atoms with Crippen molar-refractivity contribution in [2.75, 3.05) is 0 Å².